The van der Waals surface area contributed by atoms with Crippen LogP contribution in [0.15, 0.2) is 72.9 Å². The molecule has 1 aromatic heterocycles. The molecule has 0 aliphatic heterocycles. The first-order valence-electron chi connectivity index (χ1n) is 9.55. The van der Waals surface area contributed by atoms with Gasteiger partial charge in [0.05, 0.1) is 12.0 Å². The van der Waals surface area contributed by atoms with Crippen LogP contribution in [-0.4, -0.2) is 29.9 Å². The Bertz CT molecular complexity index is 1040. The maximum atomic E-state index is 12.7. The number of pyridine rings is 1. The monoisotopic (exact) mass is 427 g/mol. The summed E-state index contributed by atoms with van der Waals surface area (Å²) >= 11 is 0. The Morgan fingerprint density at radius 3 is 2.26 bits per heavy atom. The Kier molecular flexibility index (Phi) is 7.02. The fourth-order valence-electron chi connectivity index (χ4n) is 2.90. The van der Waals surface area contributed by atoms with Gasteiger partial charge in [-0.2, -0.15) is 13.2 Å². The molecule has 8 heteroatoms. The lowest BCUT2D eigenvalue weighted by Gasteiger charge is -2.10. The summed E-state index contributed by atoms with van der Waals surface area (Å²) in [6, 6.07) is 16.7. The quantitative estimate of drug-likeness (QED) is 0.563. The van der Waals surface area contributed by atoms with E-state index >= 15 is 0 Å². The number of halogens is 3. The van der Waals surface area contributed by atoms with Crippen molar-refractivity contribution in [2.24, 2.45) is 0 Å². The van der Waals surface area contributed by atoms with E-state index < -0.39 is 11.7 Å². The van der Waals surface area contributed by atoms with Crippen molar-refractivity contribution in [3.63, 3.8) is 0 Å². The number of hydrogen-bond acceptors (Lipinski definition) is 3. The molecule has 0 unspecified atom stereocenters. The summed E-state index contributed by atoms with van der Waals surface area (Å²) in [7, 11) is 0. The van der Waals surface area contributed by atoms with Crippen LogP contribution in [0, 0.1) is 0 Å². The van der Waals surface area contributed by atoms with E-state index in [1.807, 2.05) is 0 Å². The van der Waals surface area contributed by atoms with Crippen molar-refractivity contribution in [3.05, 3.63) is 89.7 Å². The molecule has 160 valence electrons. The van der Waals surface area contributed by atoms with E-state index in [4.69, 9.17) is 0 Å². The normalized spacial score (nSPS) is 11.1. The van der Waals surface area contributed by atoms with Gasteiger partial charge in [-0.15, -0.1) is 0 Å². The first kappa shape index (κ1) is 22.0. The number of carbonyl (C=O) groups is 2. The largest absolute Gasteiger partial charge is 0.416 e. The van der Waals surface area contributed by atoms with Gasteiger partial charge < -0.3 is 10.6 Å². The topological polar surface area (TPSA) is 71.1 Å². The maximum absolute atomic E-state index is 12.7. The fourth-order valence-corrected chi connectivity index (χ4v) is 2.90. The summed E-state index contributed by atoms with van der Waals surface area (Å²) < 4.78 is 38.1. The molecular weight excluding hydrogens is 407 g/mol. The van der Waals surface area contributed by atoms with Crippen LogP contribution >= 0.6 is 0 Å². The number of hydrogen-bond donors (Lipinski definition) is 2. The molecule has 0 saturated carbocycles. The third kappa shape index (κ3) is 6.40. The molecule has 2 N–H and O–H groups in total. The zero-order valence-electron chi connectivity index (χ0n) is 16.4. The van der Waals surface area contributed by atoms with Gasteiger partial charge in [0.1, 0.15) is 0 Å². The number of benzene rings is 2. The van der Waals surface area contributed by atoms with E-state index in [0.29, 0.717) is 22.4 Å². The molecule has 0 spiro atoms. The molecular formula is C23H20F3N3O2. The van der Waals surface area contributed by atoms with Crippen LogP contribution in [0.3, 0.4) is 0 Å². The molecule has 31 heavy (non-hydrogen) atoms. The first-order chi connectivity index (χ1) is 14.8. The van der Waals surface area contributed by atoms with Crippen LogP contribution in [0.5, 0.6) is 0 Å². The highest BCUT2D eigenvalue weighted by atomic mass is 19.4. The molecule has 0 fully saturated rings. The molecule has 0 saturated heterocycles. The van der Waals surface area contributed by atoms with E-state index in [1.54, 1.807) is 48.7 Å². The summed E-state index contributed by atoms with van der Waals surface area (Å²) in [5.41, 5.74) is 1.51. The zero-order chi connectivity index (χ0) is 22.3. The van der Waals surface area contributed by atoms with Crippen molar-refractivity contribution < 1.29 is 22.8 Å². The number of rotatable bonds is 7. The second-order valence-corrected chi connectivity index (χ2v) is 6.76. The lowest BCUT2D eigenvalue weighted by atomic mass is 10.0. The third-order valence-electron chi connectivity index (χ3n) is 4.47. The smallest absolute Gasteiger partial charge is 0.354 e. The predicted octanol–water partition coefficient (Wildman–Crippen LogP) is 3.86. The molecule has 2 aromatic carbocycles. The molecule has 0 radical (unpaired) electrons. The van der Waals surface area contributed by atoms with Gasteiger partial charge in [0.15, 0.2) is 0 Å². The van der Waals surface area contributed by atoms with Crippen molar-refractivity contribution >= 4 is 11.8 Å². The average Bonchev–Trinajstić information content (AvgIpc) is 2.77. The number of nitrogens with one attached hydrogen (secondary N) is 2. The Balaban J connectivity index is 1.51. The Morgan fingerprint density at radius 2 is 1.58 bits per heavy atom. The standard InChI is InChI=1S/C23H20F3N3O2/c24-23(25,26)19-9-7-16(8-10-19)17-4-3-5-18(14-17)22(31)29-13-12-28-21(30)15-20-6-1-2-11-27-20/h1-11,14H,12-13,15H2,(H,28,30)(H,29,31). The Morgan fingerprint density at radius 1 is 0.839 bits per heavy atom. The summed E-state index contributed by atoms with van der Waals surface area (Å²) in [5.74, 6) is -0.537. The molecule has 3 rings (SSSR count). The van der Waals surface area contributed by atoms with Crippen LogP contribution in [0.4, 0.5) is 13.2 Å². The summed E-state index contributed by atoms with van der Waals surface area (Å²) in [5, 5.41) is 5.41. The first-order valence-corrected chi connectivity index (χ1v) is 9.55. The molecule has 2 amide bonds. The van der Waals surface area contributed by atoms with Gasteiger partial charge >= 0.3 is 6.18 Å². The fraction of sp³-hybridized carbons (Fsp3) is 0.174. The summed E-state index contributed by atoms with van der Waals surface area (Å²) in [6.07, 6.45) is -2.63. The molecule has 1 heterocycles. The maximum Gasteiger partial charge on any atom is 0.416 e. The van der Waals surface area contributed by atoms with Crippen molar-refractivity contribution in [3.8, 4) is 11.1 Å². The third-order valence-corrected chi connectivity index (χ3v) is 4.47. The number of carbonyl (C=O) groups excluding carboxylic acids is 2. The van der Waals surface area contributed by atoms with Crippen LogP contribution in [0.1, 0.15) is 21.6 Å². The van der Waals surface area contributed by atoms with Crippen molar-refractivity contribution in [2.45, 2.75) is 12.6 Å². The highest BCUT2D eigenvalue weighted by Crippen LogP contribution is 2.31. The number of nitrogens with zero attached hydrogens (tertiary/aromatic N) is 1. The highest BCUT2D eigenvalue weighted by molar-refractivity contribution is 5.95. The van der Waals surface area contributed by atoms with Gasteiger partial charge in [0.2, 0.25) is 5.91 Å². The lowest BCUT2D eigenvalue weighted by Crippen LogP contribution is -2.35. The van der Waals surface area contributed by atoms with E-state index in [9.17, 15) is 22.8 Å². The van der Waals surface area contributed by atoms with Gasteiger partial charge in [0.25, 0.3) is 5.91 Å². The minimum absolute atomic E-state index is 0.157. The van der Waals surface area contributed by atoms with Crippen LogP contribution in [0.2, 0.25) is 0 Å². The Hall–Kier alpha value is -3.68. The zero-order valence-corrected chi connectivity index (χ0v) is 16.4. The second-order valence-electron chi connectivity index (χ2n) is 6.76. The number of amides is 2. The number of aromatic nitrogens is 1. The van der Waals surface area contributed by atoms with Gasteiger partial charge in [0, 0.05) is 30.5 Å². The van der Waals surface area contributed by atoms with E-state index in [-0.39, 0.29) is 31.3 Å². The summed E-state index contributed by atoms with van der Waals surface area (Å²) in [4.78, 5) is 28.3. The van der Waals surface area contributed by atoms with Crippen LogP contribution in [-0.2, 0) is 17.4 Å². The van der Waals surface area contributed by atoms with E-state index in [1.165, 1.54) is 12.1 Å². The van der Waals surface area contributed by atoms with Crippen molar-refractivity contribution in [1.82, 2.24) is 15.6 Å². The van der Waals surface area contributed by atoms with Crippen LogP contribution in [0.25, 0.3) is 11.1 Å². The van der Waals surface area contributed by atoms with Gasteiger partial charge in [-0.05, 0) is 47.5 Å². The van der Waals surface area contributed by atoms with E-state index in [0.717, 1.165) is 12.1 Å². The predicted molar refractivity (Wildman–Crippen MR) is 110 cm³/mol. The minimum atomic E-state index is -4.40. The highest BCUT2D eigenvalue weighted by Gasteiger charge is 2.29. The molecule has 5 nitrogen and oxygen atoms in total. The second kappa shape index (κ2) is 9.88. The molecule has 0 atom stereocenters. The molecule has 3 aromatic rings. The van der Waals surface area contributed by atoms with Crippen LogP contribution < -0.4 is 10.6 Å². The Labute approximate surface area is 177 Å². The van der Waals surface area contributed by atoms with Crippen molar-refractivity contribution in [2.75, 3.05) is 13.1 Å². The lowest BCUT2D eigenvalue weighted by molar-refractivity contribution is -0.137. The molecule has 0 bridgehead atoms. The van der Waals surface area contributed by atoms with Gasteiger partial charge in [-0.1, -0.05) is 30.3 Å². The average molecular weight is 427 g/mol. The minimum Gasteiger partial charge on any atom is -0.354 e. The molecule has 0 aliphatic carbocycles. The SMILES string of the molecule is O=C(Cc1ccccn1)NCCNC(=O)c1cccc(-c2ccc(C(F)(F)F)cc2)c1. The summed E-state index contributed by atoms with van der Waals surface area (Å²) in [6.45, 7) is 0.493. The number of alkyl halides is 3. The van der Waals surface area contributed by atoms with Gasteiger partial charge in [-0.25, -0.2) is 0 Å². The molecule has 0 aliphatic rings. The van der Waals surface area contributed by atoms with Crippen molar-refractivity contribution in [1.29, 1.82) is 0 Å². The van der Waals surface area contributed by atoms with E-state index in [2.05, 4.69) is 15.6 Å². The van der Waals surface area contributed by atoms with Gasteiger partial charge in [-0.3, -0.25) is 14.6 Å².